The highest BCUT2D eigenvalue weighted by molar-refractivity contribution is 5.92. The van der Waals surface area contributed by atoms with E-state index in [-0.39, 0.29) is 0 Å². The third kappa shape index (κ3) is 2.36. The van der Waals surface area contributed by atoms with E-state index < -0.39 is 0 Å². The molecule has 4 saturated heterocycles. The molecule has 0 N–H and O–H groups in total. The predicted molar refractivity (Wildman–Crippen MR) is 116 cm³/mol. The summed E-state index contributed by atoms with van der Waals surface area (Å²) in [5.41, 5.74) is 1.37. The highest BCUT2D eigenvalue weighted by Crippen LogP contribution is 2.49. The number of piperidine rings is 3. The molecule has 0 amide bonds. The van der Waals surface area contributed by atoms with Crippen molar-refractivity contribution < 1.29 is 9.47 Å². The van der Waals surface area contributed by atoms with Crippen LogP contribution < -0.4 is 14.4 Å². The molecule has 6 heterocycles. The van der Waals surface area contributed by atoms with Crippen molar-refractivity contribution in [3.05, 3.63) is 60.3 Å². The van der Waals surface area contributed by atoms with Crippen molar-refractivity contribution in [3.63, 3.8) is 0 Å². The molecule has 0 aliphatic carbocycles. The van der Waals surface area contributed by atoms with Gasteiger partial charge in [-0.15, -0.1) is 0 Å². The normalized spacial score (nSPS) is 31.3. The van der Waals surface area contributed by atoms with Crippen LogP contribution in [0.3, 0.4) is 0 Å². The Morgan fingerprint density at radius 3 is 2.70 bits per heavy atom. The molecule has 2 bridgehead atoms. The second kappa shape index (κ2) is 6.35. The fraction of sp³-hybridized carbons (Fsp3) is 0.400. The Hall–Kier alpha value is -2.79. The molecule has 5 aliphatic rings. The van der Waals surface area contributed by atoms with Crippen molar-refractivity contribution in [3.8, 4) is 11.5 Å². The Labute approximate surface area is 176 Å². The summed E-state index contributed by atoms with van der Waals surface area (Å²) >= 11 is 0. The summed E-state index contributed by atoms with van der Waals surface area (Å²) in [6.07, 6.45) is 4.58. The van der Waals surface area contributed by atoms with Gasteiger partial charge in [0.15, 0.2) is 11.5 Å². The van der Waals surface area contributed by atoms with Crippen LogP contribution in [0.4, 0.5) is 5.82 Å². The molecule has 5 aliphatic heterocycles. The van der Waals surface area contributed by atoms with Crippen molar-refractivity contribution in [1.29, 1.82) is 0 Å². The Kier molecular flexibility index (Phi) is 3.59. The third-order valence-corrected chi connectivity index (χ3v) is 7.74. The molecule has 30 heavy (non-hydrogen) atoms. The monoisotopic (exact) mass is 399 g/mol. The number of aromatic nitrogens is 1. The van der Waals surface area contributed by atoms with E-state index in [1.165, 1.54) is 42.3 Å². The number of ether oxygens (including phenoxy) is 2. The van der Waals surface area contributed by atoms with E-state index in [0.29, 0.717) is 24.8 Å². The lowest BCUT2D eigenvalue weighted by atomic mass is 9.75. The first-order valence-corrected chi connectivity index (χ1v) is 11.1. The molecule has 8 rings (SSSR count). The SMILES string of the molecule is c1ccc2c(N3C[C@@H](c4ccc5c(c4)OCO5)[C@@H]4[C@H]3C3CCN4CC3)nccc2c1. The first-order valence-electron chi connectivity index (χ1n) is 11.1. The number of pyridine rings is 1. The highest BCUT2D eigenvalue weighted by atomic mass is 16.7. The van der Waals surface area contributed by atoms with Gasteiger partial charge in [-0.2, -0.15) is 0 Å². The maximum atomic E-state index is 5.70. The molecule has 4 fully saturated rings. The minimum absolute atomic E-state index is 0.329. The van der Waals surface area contributed by atoms with E-state index in [1.807, 2.05) is 6.20 Å². The topological polar surface area (TPSA) is 37.8 Å². The van der Waals surface area contributed by atoms with Crippen molar-refractivity contribution >= 4 is 16.6 Å². The Balaban J connectivity index is 1.35. The van der Waals surface area contributed by atoms with Gasteiger partial charge >= 0.3 is 0 Å². The lowest BCUT2D eigenvalue weighted by Gasteiger charge is -2.51. The Morgan fingerprint density at radius 1 is 0.900 bits per heavy atom. The van der Waals surface area contributed by atoms with Gasteiger partial charge in [-0.3, -0.25) is 4.90 Å². The molecule has 1 aromatic heterocycles. The third-order valence-electron chi connectivity index (χ3n) is 7.74. The maximum Gasteiger partial charge on any atom is 0.231 e. The standard InChI is InChI=1S/C25H25N3O2/c1-2-4-19-16(3-1)7-10-26-25(19)28-14-20(18-5-6-21-22(13-18)30-15-29-21)24-23(28)17-8-11-27(24)12-9-17/h1-7,10,13,17,20,23-24H,8-9,11-12,14-15H2/t20-,23+,24+/m0/s1. The molecule has 5 nitrogen and oxygen atoms in total. The fourth-order valence-corrected chi connectivity index (χ4v) is 6.43. The van der Waals surface area contributed by atoms with Gasteiger partial charge in [0.05, 0.1) is 0 Å². The van der Waals surface area contributed by atoms with Crippen molar-refractivity contribution in [2.75, 3.05) is 31.3 Å². The summed E-state index contributed by atoms with van der Waals surface area (Å²) in [5.74, 6) is 4.11. The summed E-state index contributed by atoms with van der Waals surface area (Å²) in [4.78, 5) is 10.3. The van der Waals surface area contributed by atoms with Gasteiger partial charge in [-0.05, 0) is 61.0 Å². The summed E-state index contributed by atoms with van der Waals surface area (Å²) in [6, 6.07) is 18.4. The smallest absolute Gasteiger partial charge is 0.231 e. The first-order chi connectivity index (χ1) is 14.9. The molecule has 0 saturated carbocycles. The Morgan fingerprint density at radius 2 is 1.77 bits per heavy atom. The average Bonchev–Trinajstić information content (AvgIpc) is 3.45. The number of hydrogen-bond donors (Lipinski definition) is 0. The molecule has 3 atom stereocenters. The van der Waals surface area contributed by atoms with Gasteiger partial charge < -0.3 is 14.4 Å². The van der Waals surface area contributed by atoms with Crippen LogP contribution in [0.15, 0.2) is 54.7 Å². The van der Waals surface area contributed by atoms with E-state index in [1.54, 1.807) is 0 Å². The van der Waals surface area contributed by atoms with Crippen molar-refractivity contribution in [1.82, 2.24) is 9.88 Å². The molecule has 5 heteroatoms. The van der Waals surface area contributed by atoms with E-state index in [2.05, 4.69) is 58.3 Å². The number of rotatable bonds is 2. The summed E-state index contributed by atoms with van der Waals surface area (Å²) < 4.78 is 11.3. The summed E-state index contributed by atoms with van der Waals surface area (Å²) in [7, 11) is 0. The predicted octanol–water partition coefficient (Wildman–Crippen LogP) is 4.03. The van der Waals surface area contributed by atoms with Gasteiger partial charge in [0, 0.05) is 36.1 Å². The first kappa shape index (κ1) is 16.9. The van der Waals surface area contributed by atoms with Crippen LogP contribution in [0.1, 0.15) is 24.3 Å². The average molecular weight is 399 g/mol. The van der Waals surface area contributed by atoms with Gasteiger partial charge in [0.1, 0.15) is 5.82 Å². The number of benzene rings is 2. The largest absolute Gasteiger partial charge is 0.454 e. The van der Waals surface area contributed by atoms with Crippen LogP contribution >= 0.6 is 0 Å². The second-order valence-corrected chi connectivity index (χ2v) is 9.08. The highest BCUT2D eigenvalue weighted by Gasteiger charge is 2.54. The minimum atomic E-state index is 0.329. The minimum Gasteiger partial charge on any atom is -0.454 e. The van der Waals surface area contributed by atoms with Gasteiger partial charge in [-0.25, -0.2) is 4.98 Å². The lowest BCUT2D eigenvalue weighted by molar-refractivity contribution is 0.0355. The maximum absolute atomic E-state index is 5.70. The van der Waals surface area contributed by atoms with E-state index in [0.717, 1.165) is 29.8 Å². The molecule has 0 unspecified atom stereocenters. The number of fused-ring (bicyclic) bond motifs is 4. The van der Waals surface area contributed by atoms with Crippen LogP contribution in [-0.2, 0) is 0 Å². The zero-order valence-corrected chi connectivity index (χ0v) is 16.9. The second-order valence-electron chi connectivity index (χ2n) is 9.08. The molecule has 0 radical (unpaired) electrons. The zero-order chi connectivity index (χ0) is 19.7. The summed E-state index contributed by atoms with van der Waals surface area (Å²) in [5, 5.41) is 2.54. The summed E-state index contributed by atoms with van der Waals surface area (Å²) in [6.45, 7) is 3.78. The molecule has 152 valence electrons. The molecule has 0 spiro atoms. The van der Waals surface area contributed by atoms with E-state index in [9.17, 15) is 0 Å². The molecular weight excluding hydrogens is 374 g/mol. The number of nitrogens with zero attached hydrogens (tertiary/aromatic N) is 3. The Bertz CT molecular complexity index is 1120. The van der Waals surface area contributed by atoms with E-state index >= 15 is 0 Å². The van der Waals surface area contributed by atoms with Crippen LogP contribution in [0.25, 0.3) is 10.8 Å². The fourth-order valence-electron chi connectivity index (χ4n) is 6.43. The number of hydrogen-bond acceptors (Lipinski definition) is 5. The van der Waals surface area contributed by atoms with Crippen LogP contribution in [0, 0.1) is 5.92 Å². The van der Waals surface area contributed by atoms with Gasteiger partial charge in [-0.1, -0.05) is 30.3 Å². The van der Waals surface area contributed by atoms with Crippen molar-refractivity contribution in [2.24, 2.45) is 5.92 Å². The van der Waals surface area contributed by atoms with Gasteiger partial charge in [0.25, 0.3) is 0 Å². The van der Waals surface area contributed by atoms with Crippen LogP contribution in [-0.4, -0.2) is 48.4 Å². The zero-order valence-electron chi connectivity index (χ0n) is 16.9. The molecular formula is C25H25N3O2. The molecule has 3 aromatic rings. The van der Waals surface area contributed by atoms with Gasteiger partial charge in [0.2, 0.25) is 6.79 Å². The van der Waals surface area contributed by atoms with Crippen molar-refractivity contribution in [2.45, 2.75) is 30.8 Å². The molecule has 2 aromatic carbocycles. The van der Waals surface area contributed by atoms with E-state index in [4.69, 9.17) is 14.5 Å². The lowest BCUT2D eigenvalue weighted by Crippen LogP contribution is -2.60. The number of anilines is 1. The van der Waals surface area contributed by atoms with Crippen LogP contribution in [0.2, 0.25) is 0 Å². The quantitative estimate of drug-likeness (QED) is 0.650. The van der Waals surface area contributed by atoms with Crippen LogP contribution in [0.5, 0.6) is 11.5 Å².